The van der Waals surface area contributed by atoms with Crippen LogP contribution in [0.4, 0.5) is 4.39 Å². The Labute approximate surface area is 151 Å². The first kappa shape index (κ1) is 16.8. The minimum atomic E-state index is -0.197. The maximum Gasteiger partial charge on any atom is 0.253 e. The average Bonchev–Trinajstić information content (AvgIpc) is 3.28. The van der Waals surface area contributed by atoms with Crippen molar-refractivity contribution in [2.75, 3.05) is 13.1 Å². The maximum atomic E-state index is 14.0. The summed E-state index contributed by atoms with van der Waals surface area (Å²) in [6, 6.07) is 12.2. The molecule has 1 atom stereocenters. The van der Waals surface area contributed by atoms with Crippen LogP contribution in [0.1, 0.15) is 53.9 Å². The van der Waals surface area contributed by atoms with Gasteiger partial charge in [0.25, 0.3) is 5.91 Å². The van der Waals surface area contributed by atoms with Gasteiger partial charge in [0.2, 0.25) is 0 Å². The summed E-state index contributed by atoms with van der Waals surface area (Å²) in [6.45, 7) is 5.20. The molecule has 134 valence electrons. The summed E-state index contributed by atoms with van der Waals surface area (Å²) in [5.74, 6) is 0.674. The van der Waals surface area contributed by atoms with Crippen molar-refractivity contribution in [3.63, 3.8) is 0 Å². The molecule has 0 spiro atoms. The summed E-state index contributed by atoms with van der Waals surface area (Å²) < 4.78 is 19.7. The number of rotatable bonds is 3. The first-order valence-electron chi connectivity index (χ1n) is 8.97. The zero-order valence-electron chi connectivity index (χ0n) is 14.9. The minimum absolute atomic E-state index is 0.0418. The number of fused-ring (bicyclic) bond motifs is 1. The predicted molar refractivity (Wildman–Crippen MR) is 97.8 cm³/mol. The molecule has 0 bridgehead atoms. The van der Waals surface area contributed by atoms with Gasteiger partial charge in [-0.2, -0.15) is 0 Å². The molecule has 1 fully saturated rings. The summed E-state index contributed by atoms with van der Waals surface area (Å²) in [5, 5.41) is 0. The van der Waals surface area contributed by atoms with Crippen LogP contribution in [-0.4, -0.2) is 28.9 Å². The highest BCUT2D eigenvalue weighted by molar-refractivity contribution is 5.97. The van der Waals surface area contributed by atoms with Crippen molar-refractivity contribution in [2.24, 2.45) is 0 Å². The van der Waals surface area contributed by atoms with E-state index in [4.69, 9.17) is 4.42 Å². The lowest BCUT2D eigenvalue weighted by atomic mass is 9.98. The molecule has 0 aliphatic carbocycles. The molecule has 0 saturated carbocycles. The number of amides is 1. The van der Waals surface area contributed by atoms with E-state index in [0.29, 0.717) is 41.2 Å². The fourth-order valence-corrected chi connectivity index (χ4v) is 3.51. The zero-order chi connectivity index (χ0) is 18.3. The zero-order valence-corrected chi connectivity index (χ0v) is 14.9. The van der Waals surface area contributed by atoms with Crippen LogP contribution in [0.3, 0.4) is 0 Å². The number of oxazole rings is 1. The second-order valence-electron chi connectivity index (χ2n) is 7.15. The molecular weight excluding hydrogens is 331 g/mol. The van der Waals surface area contributed by atoms with E-state index in [0.717, 1.165) is 6.42 Å². The molecule has 1 amide bonds. The number of halogens is 1. The Hall–Kier alpha value is -2.69. The molecule has 1 saturated heterocycles. The summed E-state index contributed by atoms with van der Waals surface area (Å²) >= 11 is 0. The van der Waals surface area contributed by atoms with Crippen LogP contribution in [0, 0.1) is 5.82 Å². The van der Waals surface area contributed by atoms with Gasteiger partial charge >= 0.3 is 0 Å². The Balaban J connectivity index is 1.54. The molecule has 4 rings (SSSR count). The topological polar surface area (TPSA) is 46.3 Å². The average molecular weight is 352 g/mol. The fraction of sp³-hybridized carbons (Fsp3) is 0.333. The van der Waals surface area contributed by atoms with Gasteiger partial charge in [-0.05, 0) is 36.2 Å². The van der Waals surface area contributed by atoms with Gasteiger partial charge in [0.1, 0.15) is 11.3 Å². The molecule has 2 aromatic carbocycles. The Morgan fingerprint density at radius 3 is 2.85 bits per heavy atom. The number of likely N-dealkylation sites (tertiary alicyclic amines) is 1. The molecule has 26 heavy (non-hydrogen) atoms. The summed E-state index contributed by atoms with van der Waals surface area (Å²) in [5.41, 5.74) is 2.67. The van der Waals surface area contributed by atoms with Gasteiger partial charge in [0.05, 0.1) is 0 Å². The first-order valence-corrected chi connectivity index (χ1v) is 8.97. The highest BCUT2D eigenvalue weighted by Gasteiger charge is 2.29. The van der Waals surface area contributed by atoms with E-state index >= 15 is 0 Å². The third-order valence-corrected chi connectivity index (χ3v) is 4.97. The summed E-state index contributed by atoms with van der Waals surface area (Å²) in [6.07, 6.45) is 0.774. The standard InChI is InChI=1S/C21H21FN2O2/c1-13(2)20-23-18-11-14(7-8-19(18)26-20)21(25)24-10-9-15(12-24)16-5-3-4-6-17(16)22/h3-8,11,13,15H,9-10,12H2,1-2H3/t15-/m0/s1. The van der Waals surface area contributed by atoms with E-state index in [9.17, 15) is 9.18 Å². The SMILES string of the molecule is CC(C)c1nc2cc(C(=O)N3CC[C@H](c4ccccc4F)C3)ccc2o1. The maximum absolute atomic E-state index is 14.0. The van der Waals surface area contributed by atoms with E-state index in [2.05, 4.69) is 4.98 Å². The van der Waals surface area contributed by atoms with E-state index < -0.39 is 0 Å². The molecule has 1 aromatic heterocycles. The first-order chi connectivity index (χ1) is 12.5. The van der Waals surface area contributed by atoms with Crippen molar-refractivity contribution in [3.8, 4) is 0 Å². The monoisotopic (exact) mass is 352 g/mol. The van der Waals surface area contributed by atoms with Crippen molar-refractivity contribution in [1.82, 2.24) is 9.88 Å². The van der Waals surface area contributed by atoms with Gasteiger partial charge in [0, 0.05) is 30.5 Å². The molecule has 3 aromatic rings. The van der Waals surface area contributed by atoms with Crippen molar-refractivity contribution in [1.29, 1.82) is 0 Å². The van der Waals surface area contributed by atoms with Crippen molar-refractivity contribution in [3.05, 3.63) is 65.3 Å². The molecule has 2 heterocycles. The molecule has 1 aliphatic heterocycles. The van der Waals surface area contributed by atoms with Crippen LogP contribution in [0.25, 0.3) is 11.1 Å². The smallest absolute Gasteiger partial charge is 0.253 e. The Morgan fingerprint density at radius 2 is 2.08 bits per heavy atom. The molecule has 5 heteroatoms. The van der Waals surface area contributed by atoms with E-state index in [1.165, 1.54) is 6.07 Å². The van der Waals surface area contributed by atoms with Crippen molar-refractivity contribution >= 4 is 17.0 Å². The Morgan fingerprint density at radius 1 is 1.27 bits per heavy atom. The second kappa shape index (κ2) is 6.56. The van der Waals surface area contributed by atoms with Crippen LogP contribution in [0.15, 0.2) is 46.9 Å². The lowest BCUT2D eigenvalue weighted by molar-refractivity contribution is 0.0790. The van der Waals surface area contributed by atoms with Crippen LogP contribution in [0.5, 0.6) is 0 Å². The van der Waals surface area contributed by atoms with Gasteiger partial charge in [-0.15, -0.1) is 0 Å². The van der Waals surface area contributed by atoms with Crippen LogP contribution < -0.4 is 0 Å². The lowest BCUT2D eigenvalue weighted by Gasteiger charge is -2.17. The number of carbonyl (C=O) groups is 1. The van der Waals surface area contributed by atoms with Gasteiger partial charge < -0.3 is 9.32 Å². The van der Waals surface area contributed by atoms with Crippen LogP contribution in [0.2, 0.25) is 0 Å². The molecule has 0 radical (unpaired) electrons. The Bertz CT molecular complexity index is 964. The molecule has 0 N–H and O–H groups in total. The largest absolute Gasteiger partial charge is 0.440 e. The van der Waals surface area contributed by atoms with Crippen molar-refractivity contribution in [2.45, 2.75) is 32.1 Å². The van der Waals surface area contributed by atoms with Gasteiger partial charge in [-0.25, -0.2) is 9.37 Å². The third kappa shape index (κ3) is 2.98. The number of hydrogen-bond donors (Lipinski definition) is 0. The molecule has 4 nitrogen and oxygen atoms in total. The summed E-state index contributed by atoms with van der Waals surface area (Å²) in [4.78, 5) is 19.1. The number of carbonyl (C=O) groups excluding carboxylic acids is 1. The Kier molecular flexibility index (Phi) is 4.23. The molecule has 0 unspecified atom stereocenters. The molecular formula is C21H21FN2O2. The predicted octanol–water partition coefficient (Wildman–Crippen LogP) is 4.72. The van der Waals surface area contributed by atoms with Gasteiger partial charge in [-0.1, -0.05) is 32.0 Å². The van der Waals surface area contributed by atoms with Crippen LogP contribution >= 0.6 is 0 Å². The normalized spacial score (nSPS) is 17.4. The third-order valence-electron chi connectivity index (χ3n) is 4.97. The number of hydrogen-bond acceptors (Lipinski definition) is 3. The number of benzene rings is 2. The highest BCUT2D eigenvalue weighted by atomic mass is 19.1. The van der Waals surface area contributed by atoms with Crippen molar-refractivity contribution < 1.29 is 13.6 Å². The summed E-state index contributed by atoms with van der Waals surface area (Å²) in [7, 11) is 0. The lowest BCUT2D eigenvalue weighted by Crippen LogP contribution is -2.28. The quantitative estimate of drug-likeness (QED) is 0.685. The van der Waals surface area contributed by atoms with E-state index in [1.54, 1.807) is 29.2 Å². The number of nitrogens with zero attached hydrogens (tertiary/aromatic N) is 2. The van der Waals surface area contributed by atoms with Gasteiger partial charge in [0.15, 0.2) is 11.5 Å². The molecule has 1 aliphatic rings. The highest BCUT2D eigenvalue weighted by Crippen LogP contribution is 2.30. The fourth-order valence-electron chi connectivity index (χ4n) is 3.51. The number of aromatic nitrogens is 1. The van der Waals surface area contributed by atoms with E-state index in [1.807, 2.05) is 26.0 Å². The van der Waals surface area contributed by atoms with Gasteiger partial charge in [-0.3, -0.25) is 4.79 Å². The minimum Gasteiger partial charge on any atom is -0.440 e. The second-order valence-corrected chi connectivity index (χ2v) is 7.15. The van der Waals surface area contributed by atoms with E-state index in [-0.39, 0.29) is 23.6 Å². The van der Waals surface area contributed by atoms with Crippen LogP contribution in [-0.2, 0) is 0 Å².